The number of morpholine rings is 1. The zero-order chi connectivity index (χ0) is 13.8. The number of aromatic nitrogens is 2. The second-order valence-corrected chi connectivity index (χ2v) is 4.33. The Morgan fingerprint density at radius 3 is 2.95 bits per heavy atom. The van der Waals surface area contributed by atoms with Gasteiger partial charge in [-0.05, 0) is 13.0 Å². The van der Waals surface area contributed by atoms with Gasteiger partial charge in [-0.25, -0.2) is 4.79 Å². The van der Waals surface area contributed by atoms with Crippen molar-refractivity contribution >= 4 is 11.9 Å². The van der Waals surface area contributed by atoms with Crippen LogP contribution in [-0.2, 0) is 19.1 Å². The molecule has 1 amide bonds. The van der Waals surface area contributed by atoms with E-state index < -0.39 is 18.1 Å². The number of amides is 1. The van der Waals surface area contributed by atoms with Crippen LogP contribution in [0.5, 0.6) is 0 Å². The highest BCUT2D eigenvalue weighted by molar-refractivity contribution is 5.81. The van der Waals surface area contributed by atoms with Crippen LogP contribution < -0.4 is 0 Å². The molecule has 0 aliphatic carbocycles. The number of ether oxygens (including phenoxy) is 2. The molecule has 0 radical (unpaired) electrons. The maximum absolute atomic E-state index is 12.3. The molecule has 104 valence electrons. The van der Waals surface area contributed by atoms with E-state index in [0.717, 1.165) is 0 Å². The summed E-state index contributed by atoms with van der Waals surface area (Å²) in [5.74, 6) is -0.537. The van der Waals surface area contributed by atoms with Gasteiger partial charge in [0, 0.05) is 18.9 Å². The SMILES string of the molecule is COC(=O)C1CN(C(=O)C(C)n2cccn2)CCO1. The van der Waals surface area contributed by atoms with E-state index in [-0.39, 0.29) is 12.5 Å². The molecule has 2 heterocycles. The third-order valence-corrected chi connectivity index (χ3v) is 3.12. The fourth-order valence-electron chi connectivity index (χ4n) is 2.01. The van der Waals surface area contributed by atoms with Crippen LogP contribution in [0.25, 0.3) is 0 Å². The van der Waals surface area contributed by atoms with Crippen molar-refractivity contribution in [1.82, 2.24) is 14.7 Å². The van der Waals surface area contributed by atoms with Crippen molar-refractivity contribution in [3.05, 3.63) is 18.5 Å². The fourth-order valence-corrected chi connectivity index (χ4v) is 2.01. The van der Waals surface area contributed by atoms with Crippen LogP contribution in [0.1, 0.15) is 13.0 Å². The van der Waals surface area contributed by atoms with Crippen molar-refractivity contribution in [2.45, 2.75) is 19.1 Å². The number of nitrogens with zero attached hydrogens (tertiary/aromatic N) is 3. The molecule has 2 rings (SSSR count). The maximum Gasteiger partial charge on any atom is 0.336 e. The smallest absolute Gasteiger partial charge is 0.336 e. The van der Waals surface area contributed by atoms with Crippen LogP contribution in [-0.4, -0.2) is 59.5 Å². The molecular formula is C12H17N3O4. The molecule has 0 N–H and O–H groups in total. The van der Waals surface area contributed by atoms with E-state index in [0.29, 0.717) is 13.2 Å². The minimum Gasteiger partial charge on any atom is -0.467 e. The molecule has 1 saturated heterocycles. The van der Waals surface area contributed by atoms with Crippen LogP contribution in [0, 0.1) is 0 Å². The third-order valence-electron chi connectivity index (χ3n) is 3.12. The average molecular weight is 267 g/mol. The molecule has 0 saturated carbocycles. The molecule has 0 aromatic carbocycles. The molecule has 2 atom stereocenters. The van der Waals surface area contributed by atoms with Crippen molar-refractivity contribution in [2.24, 2.45) is 0 Å². The standard InChI is InChI=1S/C12H17N3O4/c1-9(15-5-3-4-13-15)11(16)14-6-7-19-10(8-14)12(17)18-2/h3-5,9-10H,6-8H2,1-2H3. The van der Waals surface area contributed by atoms with Crippen LogP contribution in [0.3, 0.4) is 0 Å². The summed E-state index contributed by atoms with van der Waals surface area (Å²) in [6.07, 6.45) is 2.66. The Bertz CT molecular complexity index is 446. The zero-order valence-corrected chi connectivity index (χ0v) is 11.0. The van der Waals surface area contributed by atoms with E-state index in [1.165, 1.54) is 7.11 Å². The Kier molecular flexibility index (Phi) is 4.16. The molecule has 0 spiro atoms. The molecule has 1 aromatic rings. The lowest BCUT2D eigenvalue weighted by atomic mass is 10.2. The van der Waals surface area contributed by atoms with Gasteiger partial charge in [0.25, 0.3) is 0 Å². The summed E-state index contributed by atoms with van der Waals surface area (Å²) < 4.78 is 11.5. The highest BCUT2D eigenvalue weighted by atomic mass is 16.6. The number of hydrogen-bond acceptors (Lipinski definition) is 5. The van der Waals surface area contributed by atoms with Crippen molar-refractivity contribution in [2.75, 3.05) is 26.8 Å². The summed E-state index contributed by atoms with van der Waals surface area (Å²) in [7, 11) is 1.30. The number of carbonyl (C=O) groups is 2. The Balaban J connectivity index is 2.01. The lowest BCUT2D eigenvalue weighted by Gasteiger charge is -2.33. The Morgan fingerprint density at radius 1 is 1.53 bits per heavy atom. The van der Waals surface area contributed by atoms with Crippen molar-refractivity contribution in [1.29, 1.82) is 0 Å². The van der Waals surface area contributed by atoms with Crippen LogP contribution in [0.4, 0.5) is 0 Å². The predicted octanol–water partition coefficient (Wildman–Crippen LogP) is -0.156. The normalized spacial score (nSPS) is 20.9. The molecule has 7 nitrogen and oxygen atoms in total. The Labute approximate surface area is 111 Å². The molecule has 0 bridgehead atoms. The van der Waals surface area contributed by atoms with Gasteiger partial charge in [0.05, 0.1) is 20.3 Å². The van der Waals surface area contributed by atoms with Crippen LogP contribution in [0.2, 0.25) is 0 Å². The summed E-state index contributed by atoms with van der Waals surface area (Å²) in [6.45, 7) is 2.80. The summed E-state index contributed by atoms with van der Waals surface area (Å²) in [4.78, 5) is 25.3. The van der Waals surface area contributed by atoms with Gasteiger partial charge in [-0.3, -0.25) is 9.48 Å². The van der Waals surface area contributed by atoms with Gasteiger partial charge in [0.15, 0.2) is 6.10 Å². The minimum atomic E-state index is -0.701. The lowest BCUT2D eigenvalue weighted by molar-refractivity contribution is -0.163. The molecule has 1 aromatic heterocycles. The van der Waals surface area contributed by atoms with E-state index in [4.69, 9.17) is 4.74 Å². The second-order valence-electron chi connectivity index (χ2n) is 4.33. The maximum atomic E-state index is 12.3. The first kappa shape index (κ1) is 13.5. The molecule has 1 aliphatic rings. The molecular weight excluding hydrogens is 250 g/mol. The Morgan fingerprint density at radius 2 is 2.32 bits per heavy atom. The van der Waals surface area contributed by atoms with Crippen LogP contribution in [0.15, 0.2) is 18.5 Å². The second kappa shape index (κ2) is 5.83. The molecule has 1 aliphatic heterocycles. The molecule has 19 heavy (non-hydrogen) atoms. The largest absolute Gasteiger partial charge is 0.467 e. The summed E-state index contributed by atoms with van der Waals surface area (Å²) in [5.41, 5.74) is 0. The number of hydrogen-bond donors (Lipinski definition) is 0. The number of carbonyl (C=O) groups excluding carboxylic acids is 2. The number of methoxy groups -OCH3 is 1. The van der Waals surface area contributed by atoms with Crippen molar-refractivity contribution in [3.63, 3.8) is 0 Å². The number of esters is 1. The highest BCUT2D eigenvalue weighted by Crippen LogP contribution is 2.13. The van der Waals surface area contributed by atoms with Gasteiger partial charge < -0.3 is 14.4 Å². The lowest BCUT2D eigenvalue weighted by Crippen LogP contribution is -2.50. The summed E-state index contributed by atoms with van der Waals surface area (Å²) in [6, 6.07) is 1.37. The summed E-state index contributed by atoms with van der Waals surface area (Å²) >= 11 is 0. The topological polar surface area (TPSA) is 73.7 Å². The zero-order valence-electron chi connectivity index (χ0n) is 11.0. The minimum absolute atomic E-state index is 0.0825. The van der Waals surface area contributed by atoms with Gasteiger partial charge in [-0.2, -0.15) is 5.10 Å². The predicted molar refractivity (Wildman–Crippen MR) is 65.3 cm³/mol. The molecule has 7 heteroatoms. The quantitative estimate of drug-likeness (QED) is 0.712. The first-order valence-corrected chi connectivity index (χ1v) is 6.11. The van der Waals surface area contributed by atoms with Gasteiger partial charge in [0.1, 0.15) is 6.04 Å². The van der Waals surface area contributed by atoms with Crippen molar-refractivity contribution in [3.8, 4) is 0 Å². The van der Waals surface area contributed by atoms with Gasteiger partial charge in [-0.15, -0.1) is 0 Å². The average Bonchev–Trinajstić information content (AvgIpc) is 2.99. The summed E-state index contributed by atoms with van der Waals surface area (Å²) in [5, 5.41) is 4.05. The highest BCUT2D eigenvalue weighted by Gasteiger charge is 2.32. The van der Waals surface area contributed by atoms with Gasteiger partial charge in [0.2, 0.25) is 5.91 Å². The van der Waals surface area contributed by atoms with E-state index in [1.54, 1.807) is 35.0 Å². The van der Waals surface area contributed by atoms with Gasteiger partial charge >= 0.3 is 5.97 Å². The van der Waals surface area contributed by atoms with E-state index in [1.807, 2.05) is 0 Å². The van der Waals surface area contributed by atoms with E-state index in [9.17, 15) is 9.59 Å². The van der Waals surface area contributed by atoms with Gasteiger partial charge in [-0.1, -0.05) is 0 Å². The Hall–Kier alpha value is -1.89. The first-order valence-electron chi connectivity index (χ1n) is 6.11. The first-order chi connectivity index (χ1) is 9.13. The number of rotatable bonds is 3. The van der Waals surface area contributed by atoms with Crippen LogP contribution >= 0.6 is 0 Å². The third kappa shape index (κ3) is 2.93. The van der Waals surface area contributed by atoms with E-state index >= 15 is 0 Å². The molecule has 2 unspecified atom stereocenters. The monoisotopic (exact) mass is 267 g/mol. The van der Waals surface area contributed by atoms with Crippen molar-refractivity contribution < 1.29 is 19.1 Å². The molecule has 1 fully saturated rings. The fraction of sp³-hybridized carbons (Fsp3) is 0.583. The van der Waals surface area contributed by atoms with E-state index in [2.05, 4.69) is 9.84 Å².